The second-order valence-corrected chi connectivity index (χ2v) is 8.08. The van der Waals surface area contributed by atoms with Gasteiger partial charge in [-0.25, -0.2) is 0 Å². The number of ether oxygens (including phenoxy) is 1. The van der Waals surface area contributed by atoms with E-state index in [0.29, 0.717) is 10.7 Å². The predicted octanol–water partition coefficient (Wildman–Crippen LogP) is 6.17. The molecule has 0 fully saturated rings. The molecule has 1 amide bonds. The van der Waals surface area contributed by atoms with Crippen molar-refractivity contribution in [3.63, 3.8) is 0 Å². The van der Waals surface area contributed by atoms with E-state index in [4.69, 9.17) is 4.74 Å². The van der Waals surface area contributed by atoms with E-state index in [9.17, 15) is 4.79 Å². The molecule has 6 heteroatoms. The highest BCUT2D eigenvalue weighted by molar-refractivity contribution is 7.18. The van der Waals surface area contributed by atoms with Crippen LogP contribution in [0.25, 0.3) is 10.6 Å². The van der Waals surface area contributed by atoms with Gasteiger partial charge in [0.2, 0.25) is 5.13 Å². The lowest BCUT2D eigenvalue weighted by atomic mass is 10.1. The zero-order valence-electron chi connectivity index (χ0n) is 17.0. The molecule has 3 aromatic carbocycles. The Kier molecular flexibility index (Phi) is 5.59. The number of nitrogens with zero attached hydrogens (tertiary/aromatic N) is 2. The SMILES string of the molecule is Cc1ccc(C(=O)Nc2nnc(-c3ccc(Oc4ccc(C)c(C)c4)cc3)s2)cc1. The van der Waals surface area contributed by atoms with E-state index in [1.807, 2.05) is 61.5 Å². The van der Waals surface area contributed by atoms with Crippen LogP contribution in [0.2, 0.25) is 0 Å². The molecule has 1 N–H and O–H groups in total. The standard InChI is InChI=1S/C24H21N3O2S/c1-15-4-7-18(8-5-15)22(28)25-24-27-26-23(30-24)19-9-12-20(13-10-19)29-21-11-6-16(2)17(3)14-21/h4-14H,1-3H3,(H,25,27,28). The van der Waals surface area contributed by atoms with Gasteiger partial charge < -0.3 is 4.74 Å². The van der Waals surface area contributed by atoms with Crippen LogP contribution in [0, 0.1) is 20.8 Å². The lowest BCUT2D eigenvalue weighted by Gasteiger charge is -2.08. The van der Waals surface area contributed by atoms with E-state index in [2.05, 4.69) is 29.4 Å². The fourth-order valence-electron chi connectivity index (χ4n) is 2.84. The van der Waals surface area contributed by atoms with Gasteiger partial charge in [0.15, 0.2) is 0 Å². The van der Waals surface area contributed by atoms with Gasteiger partial charge in [0, 0.05) is 11.1 Å². The molecule has 4 aromatic rings. The number of hydrogen-bond acceptors (Lipinski definition) is 5. The maximum atomic E-state index is 12.3. The number of benzene rings is 3. The molecule has 0 unspecified atom stereocenters. The number of carbonyl (C=O) groups excluding carboxylic acids is 1. The van der Waals surface area contributed by atoms with E-state index >= 15 is 0 Å². The monoisotopic (exact) mass is 415 g/mol. The van der Waals surface area contributed by atoms with Crippen molar-refractivity contribution in [2.24, 2.45) is 0 Å². The molecule has 5 nitrogen and oxygen atoms in total. The first-order chi connectivity index (χ1) is 14.5. The first-order valence-electron chi connectivity index (χ1n) is 9.55. The number of aromatic nitrogens is 2. The van der Waals surface area contributed by atoms with Gasteiger partial charge in [0.25, 0.3) is 5.91 Å². The molecule has 0 atom stereocenters. The third kappa shape index (κ3) is 4.55. The van der Waals surface area contributed by atoms with Crippen LogP contribution in [0.1, 0.15) is 27.0 Å². The number of rotatable bonds is 5. The Morgan fingerprint density at radius 1 is 0.833 bits per heavy atom. The Hall–Kier alpha value is -3.51. The van der Waals surface area contributed by atoms with E-state index in [1.54, 1.807) is 12.1 Å². The van der Waals surface area contributed by atoms with Crippen LogP contribution in [0.3, 0.4) is 0 Å². The predicted molar refractivity (Wildman–Crippen MR) is 120 cm³/mol. The Bertz CT molecular complexity index is 1180. The number of anilines is 1. The molecule has 0 aliphatic heterocycles. The third-order valence-electron chi connectivity index (χ3n) is 4.77. The Morgan fingerprint density at radius 3 is 2.23 bits per heavy atom. The summed E-state index contributed by atoms with van der Waals surface area (Å²) >= 11 is 1.33. The number of hydrogen-bond donors (Lipinski definition) is 1. The quantitative estimate of drug-likeness (QED) is 0.423. The molecular formula is C24H21N3O2S. The summed E-state index contributed by atoms with van der Waals surface area (Å²) in [6.45, 7) is 6.13. The van der Waals surface area contributed by atoms with Crippen molar-refractivity contribution in [3.8, 4) is 22.1 Å². The minimum absolute atomic E-state index is 0.199. The molecule has 0 bridgehead atoms. The van der Waals surface area contributed by atoms with Gasteiger partial charge in [-0.2, -0.15) is 0 Å². The molecule has 1 heterocycles. The normalized spacial score (nSPS) is 10.6. The summed E-state index contributed by atoms with van der Waals surface area (Å²) in [7, 11) is 0. The summed E-state index contributed by atoms with van der Waals surface area (Å²) in [5.74, 6) is 1.36. The zero-order chi connectivity index (χ0) is 21.1. The minimum atomic E-state index is -0.199. The summed E-state index contributed by atoms with van der Waals surface area (Å²) in [6, 6.07) is 21.1. The van der Waals surface area contributed by atoms with E-state index in [0.717, 1.165) is 27.6 Å². The highest BCUT2D eigenvalue weighted by Gasteiger charge is 2.11. The topological polar surface area (TPSA) is 64.1 Å². The second kappa shape index (κ2) is 8.47. The summed E-state index contributed by atoms with van der Waals surface area (Å²) in [4.78, 5) is 12.3. The van der Waals surface area contributed by atoms with Crippen molar-refractivity contribution in [2.75, 3.05) is 5.32 Å². The summed E-state index contributed by atoms with van der Waals surface area (Å²) < 4.78 is 5.93. The van der Waals surface area contributed by atoms with Gasteiger partial charge in [0.05, 0.1) is 0 Å². The Labute approximate surface area is 179 Å². The van der Waals surface area contributed by atoms with E-state index in [1.165, 1.54) is 22.5 Å². The van der Waals surface area contributed by atoms with Crippen molar-refractivity contribution in [1.29, 1.82) is 0 Å². The number of nitrogens with one attached hydrogen (secondary N) is 1. The van der Waals surface area contributed by atoms with Gasteiger partial charge in [-0.3, -0.25) is 10.1 Å². The molecule has 30 heavy (non-hydrogen) atoms. The molecule has 0 spiro atoms. The van der Waals surface area contributed by atoms with Crippen molar-refractivity contribution < 1.29 is 9.53 Å². The second-order valence-electron chi connectivity index (χ2n) is 7.11. The number of carbonyl (C=O) groups is 1. The fraction of sp³-hybridized carbons (Fsp3) is 0.125. The largest absolute Gasteiger partial charge is 0.457 e. The van der Waals surface area contributed by atoms with Crippen LogP contribution in [0.4, 0.5) is 5.13 Å². The smallest absolute Gasteiger partial charge is 0.257 e. The van der Waals surface area contributed by atoms with Gasteiger partial charge in [0.1, 0.15) is 16.5 Å². The Balaban J connectivity index is 1.43. The molecule has 0 aliphatic rings. The minimum Gasteiger partial charge on any atom is -0.457 e. The van der Waals surface area contributed by atoms with Crippen molar-refractivity contribution in [2.45, 2.75) is 20.8 Å². The van der Waals surface area contributed by atoms with Gasteiger partial charge in [-0.15, -0.1) is 10.2 Å². The summed E-state index contributed by atoms with van der Waals surface area (Å²) in [5.41, 5.74) is 5.04. The maximum absolute atomic E-state index is 12.3. The molecular weight excluding hydrogens is 394 g/mol. The summed E-state index contributed by atoms with van der Waals surface area (Å²) in [6.07, 6.45) is 0. The molecule has 150 valence electrons. The fourth-order valence-corrected chi connectivity index (χ4v) is 3.59. The van der Waals surface area contributed by atoms with E-state index < -0.39 is 0 Å². The summed E-state index contributed by atoms with van der Waals surface area (Å²) in [5, 5.41) is 12.3. The Morgan fingerprint density at radius 2 is 1.53 bits per heavy atom. The zero-order valence-corrected chi connectivity index (χ0v) is 17.8. The van der Waals surface area contributed by atoms with Gasteiger partial charge >= 0.3 is 0 Å². The van der Waals surface area contributed by atoms with E-state index in [-0.39, 0.29) is 5.91 Å². The number of aryl methyl sites for hydroxylation is 3. The molecule has 0 radical (unpaired) electrons. The van der Waals surface area contributed by atoms with Crippen LogP contribution < -0.4 is 10.1 Å². The third-order valence-corrected chi connectivity index (χ3v) is 5.66. The van der Waals surface area contributed by atoms with Crippen molar-refractivity contribution in [3.05, 3.63) is 89.0 Å². The maximum Gasteiger partial charge on any atom is 0.257 e. The van der Waals surface area contributed by atoms with Crippen LogP contribution in [-0.2, 0) is 0 Å². The first-order valence-corrected chi connectivity index (χ1v) is 10.4. The molecule has 4 rings (SSSR count). The highest BCUT2D eigenvalue weighted by Crippen LogP contribution is 2.30. The van der Waals surface area contributed by atoms with Gasteiger partial charge in [-0.05, 0) is 80.4 Å². The average Bonchev–Trinajstić information content (AvgIpc) is 3.20. The molecule has 0 aliphatic carbocycles. The lowest BCUT2D eigenvalue weighted by molar-refractivity contribution is 0.102. The molecule has 0 saturated heterocycles. The van der Waals surface area contributed by atoms with Crippen LogP contribution in [0.15, 0.2) is 66.7 Å². The first kappa shape index (κ1) is 19.8. The molecule has 1 aromatic heterocycles. The number of amides is 1. The highest BCUT2D eigenvalue weighted by atomic mass is 32.1. The molecule has 0 saturated carbocycles. The van der Waals surface area contributed by atoms with Crippen LogP contribution >= 0.6 is 11.3 Å². The van der Waals surface area contributed by atoms with Crippen molar-refractivity contribution in [1.82, 2.24) is 10.2 Å². The van der Waals surface area contributed by atoms with Crippen molar-refractivity contribution >= 4 is 22.4 Å². The lowest BCUT2D eigenvalue weighted by Crippen LogP contribution is -2.11. The van der Waals surface area contributed by atoms with Crippen LogP contribution in [0.5, 0.6) is 11.5 Å². The van der Waals surface area contributed by atoms with Crippen LogP contribution in [-0.4, -0.2) is 16.1 Å². The average molecular weight is 416 g/mol. The van der Waals surface area contributed by atoms with Gasteiger partial charge in [-0.1, -0.05) is 35.1 Å².